The molecule has 0 spiro atoms. The minimum Gasteiger partial charge on any atom is -0.379 e. The normalized spacial score (nSPS) is 24.1. The van der Waals surface area contributed by atoms with E-state index < -0.39 is 0 Å². The lowest BCUT2D eigenvalue weighted by Crippen LogP contribution is -2.35. The van der Waals surface area contributed by atoms with Crippen LogP contribution in [0.3, 0.4) is 0 Å². The second kappa shape index (κ2) is 8.00. The molecule has 114 valence electrons. The Morgan fingerprint density at radius 2 is 2.25 bits per heavy atom. The quantitative estimate of drug-likeness (QED) is 0.796. The summed E-state index contributed by atoms with van der Waals surface area (Å²) < 4.78 is 11.0. The minimum atomic E-state index is 0.191. The molecule has 1 aliphatic rings. The van der Waals surface area contributed by atoms with E-state index in [1.165, 1.54) is 0 Å². The van der Waals surface area contributed by atoms with Gasteiger partial charge in [-0.1, -0.05) is 25.9 Å². The standard InChI is InChI=1S/C14H25N3O2S/c1-4-6-15-12-8-18-7-11(12)14-16-13(17-19-14)9-20-10(3)5-2/h10-12,15H,4-9H2,1-3H3. The molecule has 0 saturated carbocycles. The molecule has 0 aromatic carbocycles. The first-order chi connectivity index (χ1) is 9.74. The summed E-state index contributed by atoms with van der Waals surface area (Å²) in [6.45, 7) is 8.97. The van der Waals surface area contributed by atoms with Crippen LogP contribution >= 0.6 is 11.8 Å². The summed E-state index contributed by atoms with van der Waals surface area (Å²) in [6.07, 6.45) is 2.28. The molecule has 1 aromatic rings. The van der Waals surface area contributed by atoms with Gasteiger partial charge in [0.05, 0.1) is 24.9 Å². The molecule has 2 heterocycles. The van der Waals surface area contributed by atoms with Gasteiger partial charge in [0.25, 0.3) is 0 Å². The van der Waals surface area contributed by atoms with E-state index in [1.807, 2.05) is 11.8 Å². The Morgan fingerprint density at radius 3 is 3.00 bits per heavy atom. The molecule has 0 aliphatic carbocycles. The number of thioether (sulfide) groups is 1. The van der Waals surface area contributed by atoms with Gasteiger partial charge < -0.3 is 14.6 Å². The van der Waals surface area contributed by atoms with Crippen molar-refractivity contribution in [2.75, 3.05) is 19.8 Å². The van der Waals surface area contributed by atoms with E-state index in [4.69, 9.17) is 9.26 Å². The zero-order chi connectivity index (χ0) is 14.4. The van der Waals surface area contributed by atoms with E-state index in [9.17, 15) is 0 Å². The molecular formula is C14H25N3O2S. The van der Waals surface area contributed by atoms with Gasteiger partial charge in [0.15, 0.2) is 5.82 Å². The lowest BCUT2D eigenvalue weighted by Gasteiger charge is -2.14. The highest BCUT2D eigenvalue weighted by molar-refractivity contribution is 7.99. The summed E-state index contributed by atoms with van der Waals surface area (Å²) in [5.41, 5.74) is 0. The average molecular weight is 299 g/mol. The van der Waals surface area contributed by atoms with Crippen LogP contribution in [-0.4, -0.2) is 41.2 Å². The monoisotopic (exact) mass is 299 g/mol. The molecular weight excluding hydrogens is 274 g/mol. The van der Waals surface area contributed by atoms with Gasteiger partial charge in [-0.05, 0) is 19.4 Å². The zero-order valence-electron chi connectivity index (χ0n) is 12.6. The Kier molecular flexibility index (Phi) is 6.32. The van der Waals surface area contributed by atoms with Crippen molar-refractivity contribution in [2.45, 2.75) is 56.6 Å². The number of nitrogens with zero attached hydrogens (tertiary/aromatic N) is 2. The summed E-state index contributed by atoms with van der Waals surface area (Å²) in [4.78, 5) is 4.54. The first-order valence-corrected chi connectivity index (χ1v) is 8.54. The first-order valence-electron chi connectivity index (χ1n) is 7.49. The fourth-order valence-corrected chi connectivity index (χ4v) is 2.93. The van der Waals surface area contributed by atoms with E-state index >= 15 is 0 Å². The molecule has 1 N–H and O–H groups in total. The molecule has 0 amide bonds. The van der Waals surface area contributed by atoms with E-state index in [-0.39, 0.29) is 5.92 Å². The summed E-state index contributed by atoms with van der Waals surface area (Å²) in [5, 5.41) is 8.21. The molecule has 1 aliphatic heterocycles. The van der Waals surface area contributed by atoms with Crippen molar-refractivity contribution >= 4 is 11.8 Å². The number of ether oxygens (including phenoxy) is 1. The van der Waals surface area contributed by atoms with Crippen molar-refractivity contribution in [1.29, 1.82) is 0 Å². The molecule has 2 rings (SSSR count). The van der Waals surface area contributed by atoms with Crippen LogP contribution in [0, 0.1) is 0 Å². The first kappa shape index (κ1) is 15.8. The molecule has 6 heteroatoms. The predicted molar refractivity (Wildman–Crippen MR) is 81.0 cm³/mol. The van der Waals surface area contributed by atoms with Gasteiger partial charge in [0, 0.05) is 11.3 Å². The SMILES string of the molecule is CCCNC1COCC1c1nc(CSC(C)CC)no1. The molecule has 5 nitrogen and oxygen atoms in total. The third-order valence-electron chi connectivity index (χ3n) is 3.61. The predicted octanol–water partition coefficient (Wildman–Crippen LogP) is 2.58. The molecule has 1 fully saturated rings. The minimum absolute atomic E-state index is 0.191. The Morgan fingerprint density at radius 1 is 1.40 bits per heavy atom. The van der Waals surface area contributed by atoms with Crippen molar-refractivity contribution in [3.8, 4) is 0 Å². The second-order valence-electron chi connectivity index (χ2n) is 5.28. The van der Waals surface area contributed by atoms with Crippen molar-refractivity contribution in [1.82, 2.24) is 15.5 Å². The molecule has 20 heavy (non-hydrogen) atoms. The molecule has 1 saturated heterocycles. The fourth-order valence-electron chi connectivity index (χ4n) is 2.14. The van der Waals surface area contributed by atoms with Crippen molar-refractivity contribution in [3.63, 3.8) is 0 Å². The van der Waals surface area contributed by atoms with Crippen LogP contribution in [0.5, 0.6) is 0 Å². The highest BCUT2D eigenvalue weighted by atomic mass is 32.2. The van der Waals surface area contributed by atoms with E-state index in [1.54, 1.807) is 0 Å². The maximum atomic E-state index is 5.55. The largest absolute Gasteiger partial charge is 0.379 e. The van der Waals surface area contributed by atoms with Gasteiger partial charge in [-0.15, -0.1) is 0 Å². The molecule has 1 aromatic heterocycles. The van der Waals surface area contributed by atoms with Crippen LogP contribution in [0.4, 0.5) is 0 Å². The smallest absolute Gasteiger partial charge is 0.233 e. The maximum absolute atomic E-state index is 5.55. The summed E-state index contributed by atoms with van der Waals surface area (Å²) in [7, 11) is 0. The van der Waals surface area contributed by atoms with Gasteiger partial charge in [0.2, 0.25) is 5.89 Å². The number of aromatic nitrogens is 2. The lowest BCUT2D eigenvalue weighted by atomic mass is 10.0. The van der Waals surface area contributed by atoms with Crippen molar-refractivity contribution in [3.05, 3.63) is 11.7 Å². The van der Waals surface area contributed by atoms with Crippen molar-refractivity contribution < 1.29 is 9.26 Å². The Bertz CT molecular complexity index is 400. The summed E-state index contributed by atoms with van der Waals surface area (Å²) >= 11 is 1.87. The number of nitrogens with one attached hydrogen (secondary N) is 1. The second-order valence-corrected chi connectivity index (χ2v) is 6.71. The molecule has 0 bridgehead atoms. The van der Waals surface area contributed by atoms with Crippen molar-refractivity contribution in [2.24, 2.45) is 0 Å². The topological polar surface area (TPSA) is 60.2 Å². The highest BCUT2D eigenvalue weighted by Gasteiger charge is 2.33. The van der Waals surface area contributed by atoms with Crippen LogP contribution in [-0.2, 0) is 10.5 Å². The lowest BCUT2D eigenvalue weighted by molar-refractivity contribution is 0.184. The van der Waals surface area contributed by atoms with E-state index in [2.05, 4.69) is 36.2 Å². The maximum Gasteiger partial charge on any atom is 0.233 e. The summed E-state index contributed by atoms with van der Waals surface area (Å²) in [6, 6.07) is 0.297. The van der Waals surface area contributed by atoms with Crippen LogP contribution in [0.15, 0.2) is 4.52 Å². The van der Waals surface area contributed by atoms with Crippen LogP contribution < -0.4 is 5.32 Å². The average Bonchev–Trinajstić information content (AvgIpc) is 3.10. The molecule has 3 unspecified atom stereocenters. The number of hydrogen-bond acceptors (Lipinski definition) is 6. The van der Waals surface area contributed by atoms with Crippen LogP contribution in [0.1, 0.15) is 51.2 Å². The third kappa shape index (κ3) is 4.20. The Balaban J connectivity index is 1.90. The number of hydrogen-bond donors (Lipinski definition) is 1. The van der Waals surface area contributed by atoms with Crippen LogP contribution in [0.2, 0.25) is 0 Å². The van der Waals surface area contributed by atoms with Gasteiger partial charge in [0.1, 0.15) is 0 Å². The van der Waals surface area contributed by atoms with E-state index in [0.29, 0.717) is 17.9 Å². The van der Waals surface area contributed by atoms with Gasteiger partial charge in [-0.25, -0.2) is 0 Å². The van der Waals surface area contributed by atoms with Crippen LogP contribution in [0.25, 0.3) is 0 Å². The molecule has 3 atom stereocenters. The van der Waals surface area contributed by atoms with Gasteiger partial charge >= 0.3 is 0 Å². The fraction of sp³-hybridized carbons (Fsp3) is 0.857. The number of rotatable bonds is 8. The van der Waals surface area contributed by atoms with E-state index in [0.717, 1.165) is 43.5 Å². The zero-order valence-corrected chi connectivity index (χ0v) is 13.4. The van der Waals surface area contributed by atoms with Gasteiger partial charge in [-0.2, -0.15) is 16.7 Å². The van der Waals surface area contributed by atoms with Gasteiger partial charge in [-0.3, -0.25) is 0 Å². The summed E-state index contributed by atoms with van der Waals surface area (Å²) in [5.74, 6) is 2.53. The highest BCUT2D eigenvalue weighted by Crippen LogP contribution is 2.25. The molecule has 0 radical (unpaired) electrons. The Labute approximate surface area is 125 Å². The Hall–Kier alpha value is -0.590. The third-order valence-corrected chi connectivity index (χ3v) is 4.94.